The summed E-state index contributed by atoms with van der Waals surface area (Å²) in [6, 6.07) is 13.0. The highest BCUT2D eigenvalue weighted by Crippen LogP contribution is 2.32. The first-order valence-electron chi connectivity index (χ1n) is 6.75. The minimum absolute atomic E-state index is 0.201. The number of halogens is 2. The number of hydrogen-bond donors (Lipinski definition) is 0. The molecule has 0 bridgehead atoms. The molecule has 2 heteroatoms. The Hall–Kier alpha value is -1.34. The lowest BCUT2D eigenvalue weighted by Gasteiger charge is -2.18. The van der Waals surface area contributed by atoms with Gasteiger partial charge in [0.25, 0.3) is 0 Å². The molecule has 0 nitrogen and oxygen atoms in total. The standard InChI is InChI=1S/C17H16ClF/c18-17(13-7-9-16(19)10-8-13)15-6-5-12-3-1-2-4-14(12)11-15/h5-11,17H,1-4H2. The molecule has 3 rings (SSSR count). The summed E-state index contributed by atoms with van der Waals surface area (Å²) < 4.78 is 12.9. The Morgan fingerprint density at radius 1 is 0.842 bits per heavy atom. The number of fused-ring (bicyclic) bond motifs is 1. The molecule has 0 N–H and O–H groups in total. The maximum atomic E-state index is 12.9. The first-order valence-corrected chi connectivity index (χ1v) is 7.19. The van der Waals surface area contributed by atoms with Crippen LogP contribution in [0, 0.1) is 5.82 Å². The van der Waals surface area contributed by atoms with E-state index in [-0.39, 0.29) is 11.2 Å². The number of aryl methyl sites for hydroxylation is 2. The minimum atomic E-state index is -0.224. The molecule has 1 unspecified atom stereocenters. The predicted molar refractivity (Wildman–Crippen MR) is 77.2 cm³/mol. The molecular weight excluding hydrogens is 259 g/mol. The molecule has 19 heavy (non-hydrogen) atoms. The van der Waals surface area contributed by atoms with Crippen LogP contribution in [0.25, 0.3) is 0 Å². The smallest absolute Gasteiger partial charge is 0.123 e. The van der Waals surface area contributed by atoms with Crippen molar-refractivity contribution in [2.75, 3.05) is 0 Å². The van der Waals surface area contributed by atoms with E-state index in [2.05, 4.69) is 18.2 Å². The fourth-order valence-corrected chi connectivity index (χ4v) is 3.02. The van der Waals surface area contributed by atoms with Gasteiger partial charge in [0.2, 0.25) is 0 Å². The second kappa shape index (κ2) is 5.34. The molecule has 1 atom stereocenters. The van der Waals surface area contributed by atoms with Gasteiger partial charge in [0.15, 0.2) is 0 Å². The van der Waals surface area contributed by atoms with Gasteiger partial charge in [-0.25, -0.2) is 4.39 Å². The summed E-state index contributed by atoms with van der Waals surface area (Å²) in [5.74, 6) is -0.224. The van der Waals surface area contributed by atoms with Crippen LogP contribution in [0.3, 0.4) is 0 Å². The zero-order chi connectivity index (χ0) is 13.2. The first kappa shape index (κ1) is 12.7. The third kappa shape index (κ3) is 2.66. The van der Waals surface area contributed by atoms with E-state index in [9.17, 15) is 4.39 Å². The molecule has 98 valence electrons. The van der Waals surface area contributed by atoms with Crippen LogP contribution in [0.1, 0.15) is 40.5 Å². The van der Waals surface area contributed by atoms with Gasteiger partial charge in [0.1, 0.15) is 5.82 Å². The lowest BCUT2D eigenvalue weighted by molar-refractivity contribution is 0.627. The Balaban J connectivity index is 1.91. The number of hydrogen-bond acceptors (Lipinski definition) is 0. The summed E-state index contributed by atoms with van der Waals surface area (Å²) in [5.41, 5.74) is 4.93. The first-order chi connectivity index (χ1) is 9.24. The molecular formula is C17H16ClF. The zero-order valence-electron chi connectivity index (χ0n) is 10.7. The van der Waals surface area contributed by atoms with Crippen LogP contribution >= 0.6 is 11.6 Å². The summed E-state index contributed by atoms with van der Waals surface area (Å²) in [7, 11) is 0. The quantitative estimate of drug-likeness (QED) is 0.674. The van der Waals surface area contributed by atoms with E-state index in [0.717, 1.165) is 17.5 Å². The molecule has 0 aliphatic heterocycles. The van der Waals surface area contributed by atoms with Crippen molar-refractivity contribution in [3.05, 3.63) is 70.5 Å². The Bertz CT molecular complexity index is 574. The van der Waals surface area contributed by atoms with Gasteiger partial charge in [-0.1, -0.05) is 30.3 Å². The highest BCUT2D eigenvalue weighted by Gasteiger charge is 2.15. The number of alkyl halides is 1. The highest BCUT2D eigenvalue weighted by atomic mass is 35.5. The summed E-state index contributed by atoms with van der Waals surface area (Å²) in [6.45, 7) is 0. The summed E-state index contributed by atoms with van der Waals surface area (Å²) in [6.07, 6.45) is 4.88. The number of benzene rings is 2. The molecule has 0 aromatic heterocycles. The fraction of sp³-hybridized carbons (Fsp3) is 0.294. The van der Waals surface area contributed by atoms with Gasteiger partial charge < -0.3 is 0 Å². The predicted octanol–water partition coefficient (Wildman–Crippen LogP) is 5.03. The molecule has 0 spiro atoms. The highest BCUT2D eigenvalue weighted by molar-refractivity contribution is 6.22. The summed E-state index contributed by atoms with van der Waals surface area (Å²) in [4.78, 5) is 0. The molecule has 1 aliphatic carbocycles. The van der Waals surface area contributed by atoms with Crippen LogP contribution < -0.4 is 0 Å². The van der Waals surface area contributed by atoms with Crippen LogP contribution in [-0.4, -0.2) is 0 Å². The molecule has 2 aromatic carbocycles. The minimum Gasteiger partial charge on any atom is -0.207 e. The van der Waals surface area contributed by atoms with Gasteiger partial charge in [0.05, 0.1) is 5.38 Å². The maximum Gasteiger partial charge on any atom is 0.123 e. The largest absolute Gasteiger partial charge is 0.207 e. The maximum absolute atomic E-state index is 12.9. The van der Waals surface area contributed by atoms with Gasteiger partial charge in [-0.3, -0.25) is 0 Å². The molecule has 0 fully saturated rings. The van der Waals surface area contributed by atoms with Crippen molar-refractivity contribution in [1.29, 1.82) is 0 Å². The van der Waals surface area contributed by atoms with Crippen LogP contribution in [0.4, 0.5) is 4.39 Å². The molecule has 0 saturated heterocycles. The van der Waals surface area contributed by atoms with E-state index in [4.69, 9.17) is 11.6 Å². The number of rotatable bonds is 2. The SMILES string of the molecule is Fc1ccc(C(Cl)c2ccc3c(c2)CCCC3)cc1. The average molecular weight is 275 g/mol. The Kier molecular flexibility index (Phi) is 3.56. The van der Waals surface area contributed by atoms with E-state index in [1.54, 1.807) is 12.1 Å². The average Bonchev–Trinajstić information content (AvgIpc) is 2.47. The van der Waals surface area contributed by atoms with Crippen LogP contribution in [0.2, 0.25) is 0 Å². The van der Waals surface area contributed by atoms with Gasteiger partial charge in [-0.15, -0.1) is 11.6 Å². The van der Waals surface area contributed by atoms with Crippen molar-refractivity contribution in [3.8, 4) is 0 Å². The van der Waals surface area contributed by atoms with Crippen molar-refractivity contribution in [2.45, 2.75) is 31.1 Å². The second-order valence-electron chi connectivity index (χ2n) is 5.15. The molecule has 0 amide bonds. The normalized spacial score (nSPS) is 15.9. The Morgan fingerprint density at radius 3 is 2.21 bits per heavy atom. The lowest BCUT2D eigenvalue weighted by atomic mass is 9.89. The second-order valence-corrected chi connectivity index (χ2v) is 5.59. The van der Waals surface area contributed by atoms with E-state index in [1.165, 1.54) is 42.5 Å². The zero-order valence-corrected chi connectivity index (χ0v) is 11.5. The van der Waals surface area contributed by atoms with Gasteiger partial charge in [0, 0.05) is 0 Å². The van der Waals surface area contributed by atoms with Crippen molar-refractivity contribution >= 4 is 11.6 Å². The van der Waals surface area contributed by atoms with Crippen LogP contribution in [-0.2, 0) is 12.8 Å². The van der Waals surface area contributed by atoms with Crippen LogP contribution in [0.15, 0.2) is 42.5 Å². The van der Waals surface area contributed by atoms with E-state index < -0.39 is 0 Å². The molecule has 1 aliphatic rings. The fourth-order valence-electron chi connectivity index (χ4n) is 2.74. The molecule has 0 heterocycles. The van der Waals surface area contributed by atoms with Gasteiger partial charge >= 0.3 is 0 Å². The summed E-state index contributed by atoms with van der Waals surface area (Å²) >= 11 is 6.50. The van der Waals surface area contributed by atoms with E-state index in [1.807, 2.05) is 0 Å². The molecule has 0 radical (unpaired) electrons. The van der Waals surface area contributed by atoms with Gasteiger partial charge in [-0.2, -0.15) is 0 Å². The van der Waals surface area contributed by atoms with Crippen LogP contribution in [0.5, 0.6) is 0 Å². The lowest BCUT2D eigenvalue weighted by Crippen LogP contribution is -2.04. The topological polar surface area (TPSA) is 0 Å². The third-order valence-electron chi connectivity index (χ3n) is 3.83. The van der Waals surface area contributed by atoms with E-state index in [0.29, 0.717) is 0 Å². The Labute approximate surface area is 118 Å². The monoisotopic (exact) mass is 274 g/mol. The third-order valence-corrected chi connectivity index (χ3v) is 4.33. The summed E-state index contributed by atoms with van der Waals surface area (Å²) in [5, 5.41) is -0.201. The van der Waals surface area contributed by atoms with Crippen molar-refractivity contribution in [3.63, 3.8) is 0 Å². The van der Waals surface area contributed by atoms with Crippen molar-refractivity contribution in [2.24, 2.45) is 0 Å². The Morgan fingerprint density at radius 2 is 1.47 bits per heavy atom. The molecule has 0 saturated carbocycles. The van der Waals surface area contributed by atoms with E-state index >= 15 is 0 Å². The van der Waals surface area contributed by atoms with Crippen molar-refractivity contribution < 1.29 is 4.39 Å². The molecule has 2 aromatic rings. The van der Waals surface area contributed by atoms with Crippen molar-refractivity contribution in [1.82, 2.24) is 0 Å². The van der Waals surface area contributed by atoms with Gasteiger partial charge in [-0.05, 0) is 60.1 Å².